The Morgan fingerprint density at radius 1 is 1.16 bits per heavy atom. The Kier molecular flexibility index (Phi) is 4.45. The lowest BCUT2D eigenvalue weighted by Gasteiger charge is -2.02. The molecule has 0 unspecified atom stereocenters. The molecule has 0 N–H and O–H groups in total. The van der Waals surface area contributed by atoms with Crippen LogP contribution in [0, 0.1) is 0 Å². The van der Waals surface area contributed by atoms with Gasteiger partial charge in [-0.2, -0.15) is 0 Å². The van der Waals surface area contributed by atoms with Crippen LogP contribution in [0.2, 0.25) is 0 Å². The molecular formula is C16H15NO2. The van der Waals surface area contributed by atoms with Crippen LogP contribution in [-0.4, -0.2) is 11.0 Å². The number of ether oxygens (including phenoxy) is 1. The van der Waals surface area contributed by atoms with Crippen LogP contribution in [-0.2, 0) is 4.79 Å². The molecule has 19 heavy (non-hydrogen) atoms. The molecule has 1 aromatic carbocycles. The summed E-state index contributed by atoms with van der Waals surface area (Å²) in [6.07, 6.45) is 6.04. The van der Waals surface area contributed by atoms with Crippen LogP contribution in [0.1, 0.15) is 24.6 Å². The van der Waals surface area contributed by atoms with Crippen LogP contribution in [0.4, 0.5) is 0 Å². The minimum Gasteiger partial charge on any atom is -0.427 e. The summed E-state index contributed by atoms with van der Waals surface area (Å²) in [6.45, 7) is 1.77. The number of carbonyl (C=O) groups is 1. The van der Waals surface area contributed by atoms with Gasteiger partial charge in [-0.05, 0) is 35.9 Å². The first kappa shape index (κ1) is 13.0. The van der Waals surface area contributed by atoms with E-state index in [1.54, 1.807) is 25.3 Å². The quantitative estimate of drug-likeness (QED) is 0.617. The first-order chi connectivity index (χ1) is 9.28. The molecule has 2 aromatic rings. The molecule has 0 aliphatic carbocycles. The van der Waals surface area contributed by atoms with Crippen LogP contribution in [0.15, 0.2) is 48.7 Å². The highest BCUT2D eigenvalue weighted by atomic mass is 16.5. The zero-order valence-electron chi connectivity index (χ0n) is 10.7. The molecule has 0 aliphatic heterocycles. The van der Waals surface area contributed by atoms with Crippen molar-refractivity contribution in [3.05, 3.63) is 59.9 Å². The maximum Gasteiger partial charge on any atom is 0.310 e. The average molecular weight is 253 g/mol. The fourth-order valence-corrected chi connectivity index (χ4v) is 1.51. The number of pyridine rings is 1. The van der Waals surface area contributed by atoms with Crippen molar-refractivity contribution in [3.8, 4) is 5.75 Å². The maximum atomic E-state index is 11.1. The van der Waals surface area contributed by atoms with Crippen molar-refractivity contribution in [2.45, 2.75) is 13.3 Å². The van der Waals surface area contributed by atoms with E-state index >= 15 is 0 Å². The minimum atomic E-state index is -0.225. The zero-order valence-corrected chi connectivity index (χ0v) is 10.7. The maximum absolute atomic E-state index is 11.1. The zero-order chi connectivity index (χ0) is 13.5. The van der Waals surface area contributed by atoms with Gasteiger partial charge in [-0.25, -0.2) is 0 Å². The highest BCUT2D eigenvalue weighted by molar-refractivity contribution is 5.72. The van der Waals surface area contributed by atoms with E-state index in [9.17, 15) is 4.79 Å². The van der Waals surface area contributed by atoms with Gasteiger partial charge in [0.05, 0.1) is 5.69 Å². The fraction of sp³-hybridized carbons (Fsp3) is 0.125. The van der Waals surface area contributed by atoms with Crippen molar-refractivity contribution in [1.29, 1.82) is 0 Å². The molecule has 0 amide bonds. The standard InChI is InChI=1S/C16H15NO2/c1-2-16(18)19-15-10-7-13(8-11-15)6-9-14-5-3-4-12-17-14/h3-12H,2H2,1H3/b9-6+. The second-order valence-electron chi connectivity index (χ2n) is 3.98. The first-order valence-corrected chi connectivity index (χ1v) is 6.18. The van der Waals surface area contributed by atoms with Crippen molar-refractivity contribution in [2.75, 3.05) is 0 Å². The molecule has 0 saturated carbocycles. The third-order valence-electron chi connectivity index (χ3n) is 2.53. The lowest BCUT2D eigenvalue weighted by Crippen LogP contribution is -2.05. The summed E-state index contributed by atoms with van der Waals surface area (Å²) in [5, 5.41) is 0. The van der Waals surface area contributed by atoms with Crippen molar-refractivity contribution >= 4 is 18.1 Å². The van der Waals surface area contributed by atoms with Crippen molar-refractivity contribution in [2.24, 2.45) is 0 Å². The highest BCUT2D eigenvalue weighted by Gasteiger charge is 2.00. The van der Waals surface area contributed by atoms with Crippen LogP contribution >= 0.6 is 0 Å². The van der Waals surface area contributed by atoms with Crippen molar-refractivity contribution in [1.82, 2.24) is 4.98 Å². The van der Waals surface area contributed by atoms with Gasteiger partial charge < -0.3 is 4.74 Å². The highest BCUT2D eigenvalue weighted by Crippen LogP contribution is 2.14. The van der Waals surface area contributed by atoms with Crippen LogP contribution in [0.25, 0.3) is 12.2 Å². The number of hydrogen-bond donors (Lipinski definition) is 0. The molecule has 0 atom stereocenters. The third kappa shape index (κ3) is 4.07. The summed E-state index contributed by atoms with van der Waals surface area (Å²) in [5.41, 5.74) is 1.94. The number of carbonyl (C=O) groups excluding carboxylic acids is 1. The van der Waals surface area contributed by atoms with Crippen LogP contribution < -0.4 is 4.74 Å². The van der Waals surface area contributed by atoms with Gasteiger partial charge in [0, 0.05) is 12.6 Å². The molecule has 0 fully saturated rings. The van der Waals surface area contributed by atoms with Gasteiger partial charge in [0.15, 0.2) is 0 Å². The van der Waals surface area contributed by atoms with E-state index in [1.807, 2.05) is 42.5 Å². The molecule has 3 nitrogen and oxygen atoms in total. The summed E-state index contributed by atoms with van der Waals surface area (Å²) in [7, 11) is 0. The number of nitrogens with zero attached hydrogens (tertiary/aromatic N) is 1. The molecule has 0 spiro atoms. The second-order valence-corrected chi connectivity index (χ2v) is 3.98. The summed E-state index contributed by atoms with van der Waals surface area (Å²) >= 11 is 0. The van der Waals surface area contributed by atoms with Crippen LogP contribution in [0.3, 0.4) is 0 Å². The molecule has 96 valence electrons. The van der Waals surface area contributed by atoms with E-state index in [0.29, 0.717) is 12.2 Å². The molecule has 0 aliphatic rings. The molecule has 0 bridgehead atoms. The summed E-state index contributed by atoms with van der Waals surface area (Å²) in [4.78, 5) is 15.3. The van der Waals surface area contributed by atoms with E-state index in [4.69, 9.17) is 4.74 Å². The van der Waals surface area contributed by atoms with E-state index in [-0.39, 0.29) is 5.97 Å². The molecule has 1 aromatic heterocycles. The van der Waals surface area contributed by atoms with Crippen LogP contribution in [0.5, 0.6) is 5.75 Å². The predicted octanol–water partition coefficient (Wildman–Crippen LogP) is 3.57. The SMILES string of the molecule is CCC(=O)Oc1ccc(/C=C/c2ccccn2)cc1. The Balaban J connectivity index is 2.03. The van der Waals surface area contributed by atoms with Gasteiger partial charge in [-0.1, -0.05) is 31.2 Å². The first-order valence-electron chi connectivity index (χ1n) is 6.18. The summed E-state index contributed by atoms with van der Waals surface area (Å²) in [6, 6.07) is 13.1. The van der Waals surface area contributed by atoms with Gasteiger partial charge in [-0.3, -0.25) is 9.78 Å². The van der Waals surface area contributed by atoms with E-state index in [1.165, 1.54) is 0 Å². The molecular weight excluding hydrogens is 238 g/mol. The summed E-state index contributed by atoms with van der Waals surface area (Å²) in [5.74, 6) is 0.346. The third-order valence-corrected chi connectivity index (χ3v) is 2.53. The number of benzene rings is 1. The lowest BCUT2D eigenvalue weighted by molar-refractivity contribution is -0.134. The molecule has 0 saturated heterocycles. The number of aromatic nitrogens is 1. The van der Waals surface area contributed by atoms with Gasteiger partial charge in [0.2, 0.25) is 0 Å². The molecule has 2 rings (SSSR count). The van der Waals surface area contributed by atoms with Crippen molar-refractivity contribution < 1.29 is 9.53 Å². The van der Waals surface area contributed by atoms with Crippen molar-refractivity contribution in [3.63, 3.8) is 0 Å². The number of rotatable bonds is 4. The fourth-order valence-electron chi connectivity index (χ4n) is 1.51. The number of esters is 1. The average Bonchev–Trinajstić information content (AvgIpc) is 2.47. The second kappa shape index (κ2) is 6.50. The molecule has 1 heterocycles. The minimum absolute atomic E-state index is 0.225. The topological polar surface area (TPSA) is 39.2 Å². The Morgan fingerprint density at radius 3 is 2.58 bits per heavy atom. The number of hydrogen-bond acceptors (Lipinski definition) is 3. The lowest BCUT2D eigenvalue weighted by atomic mass is 10.2. The Bertz CT molecular complexity index is 559. The monoisotopic (exact) mass is 253 g/mol. The largest absolute Gasteiger partial charge is 0.427 e. The Hall–Kier alpha value is -2.42. The van der Waals surface area contributed by atoms with Gasteiger partial charge in [0.1, 0.15) is 5.75 Å². The summed E-state index contributed by atoms with van der Waals surface area (Å²) < 4.78 is 5.11. The van der Waals surface area contributed by atoms with Gasteiger partial charge in [0.25, 0.3) is 0 Å². The smallest absolute Gasteiger partial charge is 0.310 e. The molecule has 3 heteroatoms. The molecule has 0 radical (unpaired) electrons. The van der Waals surface area contributed by atoms with Gasteiger partial charge in [-0.15, -0.1) is 0 Å². The Morgan fingerprint density at radius 2 is 1.95 bits per heavy atom. The van der Waals surface area contributed by atoms with Gasteiger partial charge >= 0.3 is 5.97 Å². The van der Waals surface area contributed by atoms with E-state index in [0.717, 1.165) is 11.3 Å². The van der Waals surface area contributed by atoms with E-state index < -0.39 is 0 Å². The Labute approximate surface area is 112 Å². The van der Waals surface area contributed by atoms with E-state index in [2.05, 4.69) is 4.98 Å². The predicted molar refractivity (Wildman–Crippen MR) is 75.5 cm³/mol. The normalized spacial score (nSPS) is 10.6.